The molecule has 0 fully saturated rings. The zero-order valence-corrected chi connectivity index (χ0v) is 4.03. The van der Waals surface area contributed by atoms with Crippen LogP contribution in [-0.2, 0) is 4.79 Å². The van der Waals surface area contributed by atoms with Gasteiger partial charge >= 0.3 is 0 Å². The van der Waals surface area contributed by atoms with Crippen LogP contribution in [0.5, 0.6) is 0 Å². The number of carbonyl (C=O) groups is 1. The molecule has 0 aromatic carbocycles. The molecular formula is C4H6O4. The normalized spacial score (nSPS) is 12.6. The van der Waals surface area contributed by atoms with Crippen molar-refractivity contribution in [2.45, 2.75) is 0 Å². The Morgan fingerprint density at radius 1 is 1.50 bits per heavy atom. The summed E-state index contributed by atoms with van der Waals surface area (Å²) in [7, 11) is 0. The molecule has 0 saturated heterocycles. The third-order valence-electron chi connectivity index (χ3n) is 0.557. The van der Waals surface area contributed by atoms with E-state index in [9.17, 15) is 4.79 Å². The Balaban J connectivity index is 4.03. The lowest BCUT2D eigenvalue weighted by atomic mass is 10.4. The Hall–Kier alpha value is -1.03. The van der Waals surface area contributed by atoms with Gasteiger partial charge in [0.1, 0.15) is 6.61 Å². The zero-order valence-electron chi connectivity index (χ0n) is 4.03. The van der Waals surface area contributed by atoms with Crippen molar-refractivity contribution in [1.29, 1.82) is 0 Å². The van der Waals surface area contributed by atoms with Crippen LogP contribution in [0.2, 0.25) is 0 Å². The lowest BCUT2D eigenvalue weighted by Gasteiger charge is -1.90. The summed E-state index contributed by atoms with van der Waals surface area (Å²) >= 11 is 0. The fourth-order valence-electron chi connectivity index (χ4n) is 0.149. The van der Waals surface area contributed by atoms with Crippen molar-refractivity contribution >= 4 is 6.29 Å². The van der Waals surface area contributed by atoms with E-state index in [1.54, 1.807) is 0 Å². The average molecular weight is 118 g/mol. The van der Waals surface area contributed by atoms with Crippen LogP contribution in [0, 0.1) is 0 Å². The molecule has 4 nitrogen and oxygen atoms in total. The molecule has 0 heterocycles. The molecule has 0 aliphatic carbocycles. The van der Waals surface area contributed by atoms with E-state index in [0.29, 0.717) is 0 Å². The summed E-state index contributed by atoms with van der Waals surface area (Å²) in [6.45, 7) is -0.718. The van der Waals surface area contributed by atoms with Gasteiger partial charge in [-0.1, -0.05) is 0 Å². The molecule has 0 atom stereocenters. The molecule has 0 bridgehead atoms. The van der Waals surface area contributed by atoms with Crippen molar-refractivity contribution in [2.24, 2.45) is 0 Å². The molecule has 4 heteroatoms. The zero-order chi connectivity index (χ0) is 6.57. The predicted octanol–water partition coefficient (Wildman–Crippen LogP) is -0.495. The number of hydrogen-bond donors (Lipinski definition) is 3. The third kappa shape index (κ3) is 1.61. The van der Waals surface area contributed by atoms with Crippen molar-refractivity contribution < 1.29 is 20.1 Å². The molecule has 0 aromatic heterocycles. The third-order valence-corrected chi connectivity index (χ3v) is 0.557. The molecule has 0 radical (unpaired) electrons. The van der Waals surface area contributed by atoms with Gasteiger partial charge in [-0.05, 0) is 0 Å². The Morgan fingerprint density at radius 2 is 2.00 bits per heavy atom. The minimum Gasteiger partial charge on any atom is -0.506 e. The van der Waals surface area contributed by atoms with Gasteiger partial charge in [0.15, 0.2) is 17.8 Å². The number of rotatable bonds is 2. The molecule has 0 aliphatic heterocycles. The van der Waals surface area contributed by atoms with Crippen LogP contribution in [0.4, 0.5) is 0 Å². The van der Waals surface area contributed by atoms with Gasteiger partial charge in [0.05, 0.1) is 0 Å². The van der Waals surface area contributed by atoms with Gasteiger partial charge in [-0.3, -0.25) is 4.79 Å². The minimum absolute atomic E-state index is 0.0472. The van der Waals surface area contributed by atoms with Gasteiger partial charge in [-0.25, -0.2) is 0 Å². The lowest BCUT2D eigenvalue weighted by molar-refractivity contribution is -0.107. The number of carbonyl (C=O) groups excluding carboxylic acids is 1. The van der Waals surface area contributed by atoms with E-state index in [0.717, 1.165) is 0 Å². The quantitative estimate of drug-likeness (QED) is 0.259. The molecule has 0 unspecified atom stereocenters. The monoisotopic (exact) mass is 118 g/mol. The Morgan fingerprint density at radius 3 is 2.12 bits per heavy atom. The van der Waals surface area contributed by atoms with Crippen LogP contribution in [0.25, 0.3) is 0 Å². The second-order valence-electron chi connectivity index (χ2n) is 1.11. The Labute approximate surface area is 45.7 Å². The minimum atomic E-state index is -0.826. The standard InChI is InChI=1S/C4H6O4/c5-1-3(7)4(8)2-6/h1,6-8H,2H2. The number of hydrogen-bond acceptors (Lipinski definition) is 4. The molecular weight excluding hydrogens is 112 g/mol. The number of aliphatic hydroxyl groups is 3. The van der Waals surface area contributed by atoms with E-state index in [-0.39, 0.29) is 6.29 Å². The van der Waals surface area contributed by atoms with Gasteiger partial charge in [-0.2, -0.15) is 0 Å². The first-order valence-corrected chi connectivity index (χ1v) is 1.89. The second-order valence-corrected chi connectivity index (χ2v) is 1.11. The molecule has 8 heavy (non-hydrogen) atoms. The maximum absolute atomic E-state index is 9.53. The van der Waals surface area contributed by atoms with Crippen molar-refractivity contribution in [3.8, 4) is 0 Å². The first kappa shape index (κ1) is 6.97. The number of allylic oxidation sites excluding steroid dienone is 1. The van der Waals surface area contributed by atoms with E-state index in [2.05, 4.69) is 0 Å². The van der Waals surface area contributed by atoms with E-state index in [1.807, 2.05) is 0 Å². The molecule has 3 N–H and O–H groups in total. The van der Waals surface area contributed by atoms with Crippen molar-refractivity contribution in [2.75, 3.05) is 6.61 Å². The van der Waals surface area contributed by atoms with Gasteiger partial charge in [0, 0.05) is 0 Å². The van der Waals surface area contributed by atoms with Crippen LogP contribution in [0.15, 0.2) is 11.5 Å². The Bertz CT molecular complexity index is 115. The van der Waals surface area contributed by atoms with Gasteiger partial charge in [0.2, 0.25) is 0 Å². The largest absolute Gasteiger partial charge is 0.506 e. The molecule has 0 saturated carbocycles. The van der Waals surface area contributed by atoms with Crippen LogP contribution in [0.3, 0.4) is 0 Å². The van der Waals surface area contributed by atoms with E-state index >= 15 is 0 Å². The molecule has 0 amide bonds. The van der Waals surface area contributed by atoms with Crippen LogP contribution >= 0.6 is 0 Å². The number of aliphatic hydroxyl groups excluding tert-OH is 3. The van der Waals surface area contributed by atoms with Gasteiger partial charge in [0.25, 0.3) is 0 Å². The molecule has 0 rings (SSSR count). The first-order chi connectivity index (χ1) is 3.72. The Kier molecular flexibility index (Phi) is 2.64. The second kappa shape index (κ2) is 3.04. The molecule has 0 aromatic rings. The molecule has 0 spiro atoms. The summed E-state index contributed by atoms with van der Waals surface area (Å²) in [5, 5.41) is 24.5. The van der Waals surface area contributed by atoms with E-state index < -0.39 is 18.1 Å². The van der Waals surface area contributed by atoms with E-state index in [1.165, 1.54) is 0 Å². The summed E-state index contributed by atoms with van der Waals surface area (Å²) in [5.74, 6) is -1.53. The molecule has 0 aliphatic rings. The van der Waals surface area contributed by atoms with Gasteiger partial charge < -0.3 is 15.3 Å². The predicted molar refractivity (Wildman–Crippen MR) is 25.4 cm³/mol. The first-order valence-electron chi connectivity index (χ1n) is 1.89. The number of aldehydes is 1. The summed E-state index contributed by atoms with van der Waals surface area (Å²) in [5.41, 5.74) is 0. The van der Waals surface area contributed by atoms with Crippen LogP contribution in [-0.4, -0.2) is 28.2 Å². The van der Waals surface area contributed by atoms with Crippen molar-refractivity contribution in [3.63, 3.8) is 0 Å². The highest BCUT2D eigenvalue weighted by atomic mass is 16.3. The van der Waals surface area contributed by atoms with Crippen molar-refractivity contribution in [3.05, 3.63) is 11.5 Å². The summed E-state index contributed by atoms with van der Waals surface area (Å²) in [6, 6.07) is 0. The highest BCUT2D eigenvalue weighted by molar-refractivity contribution is 5.70. The maximum atomic E-state index is 9.53. The highest BCUT2D eigenvalue weighted by Crippen LogP contribution is 1.89. The van der Waals surface area contributed by atoms with Gasteiger partial charge in [-0.15, -0.1) is 0 Å². The van der Waals surface area contributed by atoms with Crippen molar-refractivity contribution in [1.82, 2.24) is 0 Å². The smallest absolute Gasteiger partial charge is 0.196 e. The van der Waals surface area contributed by atoms with Crippen LogP contribution < -0.4 is 0 Å². The summed E-state index contributed by atoms with van der Waals surface area (Å²) < 4.78 is 0. The summed E-state index contributed by atoms with van der Waals surface area (Å²) in [6.07, 6.45) is 0.0472. The van der Waals surface area contributed by atoms with E-state index in [4.69, 9.17) is 15.3 Å². The topological polar surface area (TPSA) is 77.8 Å². The maximum Gasteiger partial charge on any atom is 0.196 e. The fourth-order valence-corrected chi connectivity index (χ4v) is 0.149. The highest BCUT2D eigenvalue weighted by Gasteiger charge is 1.97. The SMILES string of the molecule is O=CC(O)=C(O)CO. The summed E-state index contributed by atoms with van der Waals surface area (Å²) in [4.78, 5) is 9.53. The average Bonchev–Trinajstić information content (AvgIpc) is 1.84. The lowest BCUT2D eigenvalue weighted by Crippen LogP contribution is -1.95. The van der Waals surface area contributed by atoms with Crippen LogP contribution in [0.1, 0.15) is 0 Å². The fraction of sp³-hybridized carbons (Fsp3) is 0.250. The molecule has 46 valence electrons.